The van der Waals surface area contributed by atoms with Crippen molar-refractivity contribution >= 4 is 97.4 Å². The summed E-state index contributed by atoms with van der Waals surface area (Å²) in [6.45, 7) is 2.29. The minimum absolute atomic E-state index is 0.0683. The van der Waals surface area contributed by atoms with Crippen molar-refractivity contribution in [1.82, 2.24) is 9.13 Å². The van der Waals surface area contributed by atoms with Crippen LogP contribution in [0.5, 0.6) is 0 Å². The van der Waals surface area contributed by atoms with Crippen LogP contribution in [0.4, 0.5) is 0 Å². The van der Waals surface area contributed by atoms with Crippen LogP contribution in [-0.2, 0) is 0 Å². The van der Waals surface area contributed by atoms with Crippen molar-refractivity contribution in [2.45, 2.75) is 19.4 Å². The lowest BCUT2D eigenvalue weighted by Gasteiger charge is -2.30. The van der Waals surface area contributed by atoms with Crippen LogP contribution >= 0.6 is 11.3 Å². The third kappa shape index (κ3) is 5.53. The van der Waals surface area contributed by atoms with E-state index in [-0.39, 0.29) is 12.0 Å². The highest BCUT2D eigenvalue weighted by molar-refractivity contribution is 7.26. The van der Waals surface area contributed by atoms with Crippen molar-refractivity contribution in [2.75, 3.05) is 0 Å². The van der Waals surface area contributed by atoms with Gasteiger partial charge < -0.3 is 9.13 Å². The van der Waals surface area contributed by atoms with Crippen LogP contribution in [0, 0.1) is 5.92 Å². The number of hydrogen-bond donors (Lipinski definition) is 0. The average Bonchev–Trinajstić information content (AvgIpc) is 4.01. The van der Waals surface area contributed by atoms with Crippen molar-refractivity contribution in [1.29, 1.82) is 0 Å². The predicted octanol–water partition coefficient (Wildman–Crippen LogP) is 15.4. The molecule has 0 saturated carbocycles. The Morgan fingerprint density at radius 3 is 1.89 bits per heavy atom. The summed E-state index contributed by atoms with van der Waals surface area (Å²) in [4.78, 5) is 11.3. The molecule has 12 aromatic rings. The van der Waals surface area contributed by atoms with Gasteiger partial charge in [0, 0.05) is 64.4 Å². The number of benzene rings is 9. The van der Waals surface area contributed by atoms with Gasteiger partial charge in [-0.05, 0) is 95.6 Å². The largest absolute Gasteiger partial charge is 0.309 e. The molecule has 3 aromatic heterocycles. The van der Waals surface area contributed by atoms with E-state index in [4.69, 9.17) is 9.98 Å². The van der Waals surface area contributed by atoms with E-state index in [0.29, 0.717) is 0 Å². The van der Waals surface area contributed by atoms with E-state index in [1.54, 1.807) is 0 Å². The summed E-state index contributed by atoms with van der Waals surface area (Å²) in [5.41, 5.74) is 11.6. The van der Waals surface area contributed by atoms with Crippen molar-refractivity contribution < 1.29 is 0 Å². The predicted molar refractivity (Wildman–Crippen MR) is 268 cm³/mol. The number of hydrogen-bond acceptors (Lipinski definition) is 3. The minimum Gasteiger partial charge on any atom is -0.309 e. The molecule has 2 atom stereocenters. The first-order valence-corrected chi connectivity index (χ1v) is 22.7. The lowest BCUT2D eigenvalue weighted by atomic mass is 9.82. The van der Waals surface area contributed by atoms with E-state index < -0.39 is 0 Å². The number of amidine groups is 1. The Balaban J connectivity index is 1.06. The standard InChI is InChI=1S/C58H40N4S/c1-2-41-55(36-17-5-3-6-18-36)59-58(39-29-31-50-46(34-39)42-23-11-14-26-48(42)61(50)40-21-7-4-8-22-40)60-56(41)45-30-32-51(54-44-25-13-16-28-53(44)63-57(45)54)62-49-27-15-12-24-43(49)47-33-37-19-9-10-20-38(37)35-52(47)62/h3-35,41,55H,2H2,1H3. The van der Waals surface area contributed by atoms with Crippen molar-refractivity contribution in [3.63, 3.8) is 0 Å². The van der Waals surface area contributed by atoms with Crippen LogP contribution in [0.2, 0.25) is 0 Å². The number of fused-ring (bicyclic) bond motifs is 10. The summed E-state index contributed by atoms with van der Waals surface area (Å²) in [5.74, 6) is 0.841. The Kier molecular flexibility index (Phi) is 8.15. The molecule has 0 aliphatic carbocycles. The van der Waals surface area contributed by atoms with E-state index in [0.717, 1.165) is 29.2 Å². The molecule has 0 radical (unpaired) electrons. The fourth-order valence-electron chi connectivity index (χ4n) is 10.5. The zero-order chi connectivity index (χ0) is 41.6. The van der Waals surface area contributed by atoms with Gasteiger partial charge in [-0.25, -0.2) is 4.99 Å². The first kappa shape index (κ1) is 36.1. The Labute approximate surface area is 368 Å². The van der Waals surface area contributed by atoms with Gasteiger partial charge in [-0.1, -0.05) is 134 Å². The Hall–Kier alpha value is -7.60. The second kappa shape index (κ2) is 14.2. The molecule has 0 amide bonds. The zero-order valence-electron chi connectivity index (χ0n) is 34.6. The lowest BCUT2D eigenvalue weighted by molar-refractivity contribution is 0.533. The summed E-state index contributed by atoms with van der Waals surface area (Å²) in [6, 6.07) is 72.8. The molecule has 1 aliphatic heterocycles. The summed E-state index contributed by atoms with van der Waals surface area (Å²) >= 11 is 1.88. The number of nitrogens with zero attached hydrogens (tertiary/aromatic N) is 4. The van der Waals surface area contributed by atoms with Crippen LogP contribution in [0.1, 0.15) is 36.1 Å². The summed E-state index contributed by atoms with van der Waals surface area (Å²) < 4.78 is 7.39. The molecular formula is C58H40N4S. The second-order valence-corrected chi connectivity index (χ2v) is 17.8. The monoisotopic (exact) mass is 824 g/mol. The molecule has 0 bridgehead atoms. The third-order valence-corrected chi connectivity index (χ3v) is 14.5. The highest BCUT2D eigenvalue weighted by atomic mass is 32.1. The summed E-state index contributed by atoms with van der Waals surface area (Å²) in [7, 11) is 0. The van der Waals surface area contributed by atoms with Crippen LogP contribution in [0.15, 0.2) is 210 Å². The maximum absolute atomic E-state index is 5.71. The molecule has 4 nitrogen and oxygen atoms in total. The smallest absolute Gasteiger partial charge is 0.155 e. The zero-order valence-corrected chi connectivity index (χ0v) is 35.4. The third-order valence-electron chi connectivity index (χ3n) is 13.3. The van der Waals surface area contributed by atoms with Crippen LogP contribution < -0.4 is 0 Å². The van der Waals surface area contributed by atoms with Crippen LogP contribution in [0.3, 0.4) is 0 Å². The molecule has 1 aliphatic rings. The van der Waals surface area contributed by atoms with Gasteiger partial charge in [0.05, 0.1) is 39.5 Å². The van der Waals surface area contributed by atoms with E-state index in [2.05, 4.69) is 216 Å². The molecule has 5 heteroatoms. The van der Waals surface area contributed by atoms with Crippen molar-refractivity contribution in [3.8, 4) is 11.4 Å². The molecule has 13 rings (SSSR count). The molecule has 0 spiro atoms. The molecule has 63 heavy (non-hydrogen) atoms. The molecular weight excluding hydrogens is 785 g/mol. The van der Waals surface area contributed by atoms with E-state index in [1.165, 1.54) is 91.4 Å². The van der Waals surface area contributed by atoms with Gasteiger partial charge in [-0.2, -0.15) is 0 Å². The molecule has 2 unspecified atom stereocenters. The number of thiophene rings is 1. The molecule has 4 heterocycles. The highest BCUT2D eigenvalue weighted by Gasteiger charge is 2.34. The molecule has 0 fully saturated rings. The first-order chi connectivity index (χ1) is 31.2. The van der Waals surface area contributed by atoms with Gasteiger partial charge in [0.1, 0.15) is 0 Å². The molecule has 0 N–H and O–H groups in total. The lowest BCUT2D eigenvalue weighted by Crippen LogP contribution is -2.28. The van der Waals surface area contributed by atoms with E-state index in [9.17, 15) is 0 Å². The maximum atomic E-state index is 5.71. The Morgan fingerprint density at radius 2 is 1.13 bits per heavy atom. The van der Waals surface area contributed by atoms with Crippen molar-refractivity contribution in [2.24, 2.45) is 15.9 Å². The number of rotatable bonds is 6. The fraction of sp³-hybridized carbons (Fsp3) is 0.0690. The minimum atomic E-state index is -0.102. The number of para-hydroxylation sites is 3. The van der Waals surface area contributed by atoms with Gasteiger partial charge in [-0.15, -0.1) is 11.3 Å². The quantitative estimate of drug-likeness (QED) is 0.160. The van der Waals surface area contributed by atoms with Gasteiger partial charge in [0.25, 0.3) is 0 Å². The van der Waals surface area contributed by atoms with E-state index in [1.807, 2.05) is 11.3 Å². The maximum Gasteiger partial charge on any atom is 0.155 e. The Morgan fingerprint density at radius 1 is 0.508 bits per heavy atom. The SMILES string of the molecule is CCC1C(c2ccc(-n3c4ccccc4c4cc5ccccc5cc43)c3c2sc2ccccc23)=NC(c2ccc3c(c2)c2ccccc2n3-c2ccccc2)=NC1c1ccccc1. The normalized spacial score (nSPS) is 15.6. The number of aromatic nitrogens is 2. The molecule has 9 aromatic carbocycles. The molecule has 298 valence electrons. The highest BCUT2D eigenvalue weighted by Crippen LogP contribution is 2.46. The second-order valence-electron chi connectivity index (χ2n) is 16.7. The summed E-state index contributed by atoms with van der Waals surface area (Å²) in [5, 5.41) is 9.94. The van der Waals surface area contributed by atoms with Crippen molar-refractivity contribution in [3.05, 3.63) is 217 Å². The van der Waals surface area contributed by atoms with Crippen LogP contribution in [0.25, 0.3) is 85.9 Å². The van der Waals surface area contributed by atoms with Gasteiger partial charge >= 0.3 is 0 Å². The van der Waals surface area contributed by atoms with Gasteiger partial charge in [0.15, 0.2) is 5.84 Å². The van der Waals surface area contributed by atoms with E-state index >= 15 is 0 Å². The van der Waals surface area contributed by atoms with Crippen LogP contribution in [-0.4, -0.2) is 20.7 Å². The average molecular weight is 825 g/mol. The molecule has 0 saturated heterocycles. The Bertz CT molecular complexity index is 3850. The summed E-state index contributed by atoms with van der Waals surface area (Å²) in [6.07, 6.45) is 0.896. The fourth-order valence-corrected chi connectivity index (χ4v) is 11.7. The topological polar surface area (TPSA) is 34.6 Å². The van der Waals surface area contributed by atoms with Gasteiger partial charge in [0.2, 0.25) is 0 Å². The number of aliphatic imine (C=N–C) groups is 2. The van der Waals surface area contributed by atoms with Gasteiger partial charge in [-0.3, -0.25) is 4.99 Å². The first-order valence-electron chi connectivity index (χ1n) is 21.9.